The molecular weight excluding hydrogens is 230 g/mol. The molecule has 88 valence electrons. The highest BCUT2D eigenvalue weighted by Crippen LogP contribution is 2.16. The predicted molar refractivity (Wildman–Crippen MR) is 58.6 cm³/mol. The lowest BCUT2D eigenvalue weighted by molar-refractivity contribution is 0.122. The molecule has 2 heterocycles. The summed E-state index contributed by atoms with van der Waals surface area (Å²) in [4.78, 5) is 6.18. The molecule has 0 spiro atoms. The molecule has 0 radical (unpaired) electrons. The number of aromatic nitrogens is 1. The van der Waals surface area contributed by atoms with Crippen LogP contribution in [0.15, 0.2) is 23.2 Å². The van der Waals surface area contributed by atoms with Gasteiger partial charge in [-0.3, -0.25) is 0 Å². The predicted octanol–water partition coefficient (Wildman–Crippen LogP) is -0.434. The van der Waals surface area contributed by atoms with Gasteiger partial charge in [-0.05, 0) is 6.07 Å². The topological polar surface area (TPSA) is 85.5 Å². The minimum atomic E-state index is -3.66. The van der Waals surface area contributed by atoms with Crippen molar-refractivity contribution in [1.82, 2.24) is 4.98 Å². The van der Waals surface area contributed by atoms with Gasteiger partial charge in [0.05, 0.1) is 18.1 Å². The quantitative estimate of drug-likeness (QED) is 0.761. The maximum Gasteiger partial charge on any atom is 0.238 e. The maximum absolute atomic E-state index is 11.2. The minimum Gasteiger partial charge on any atom is -0.378 e. The number of morpholine rings is 1. The molecule has 1 aromatic rings. The van der Waals surface area contributed by atoms with Crippen LogP contribution in [0, 0.1) is 0 Å². The highest BCUT2D eigenvalue weighted by atomic mass is 32.2. The summed E-state index contributed by atoms with van der Waals surface area (Å²) in [6.07, 6.45) is 1.45. The van der Waals surface area contributed by atoms with Crippen molar-refractivity contribution < 1.29 is 13.2 Å². The number of anilines is 1. The summed E-state index contributed by atoms with van der Waals surface area (Å²) in [5, 5.41) is 5.06. The van der Waals surface area contributed by atoms with Crippen molar-refractivity contribution in [2.75, 3.05) is 31.2 Å². The van der Waals surface area contributed by atoms with E-state index in [9.17, 15) is 8.42 Å². The van der Waals surface area contributed by atoms with Crippen molar-refractivity contribution in [2.24, 2.45) is 5.14 Å². The molecule has 0 aliphatic carbocycles. The third kappa shape index (κ3) is 2.49. The number of hydrogen-bond donors (Lipinski definition) is 1. The molecule has 1 aliphatic heterocycles. The minimum absolute atomic E-state index is 0.0870. The highest BCUT2D eigenvalue weighted by Gasteiger charge is 2.15. The summed E-state index contributed by atoms with van der Waals surface area (Å²) in [5.41, 5.74) is 0. The first-order chi connectivity index (χ1) is 7.57. The van der Waals surface area contributed by atoms with Crippen LogP contribution in [0.3, 0.4) is 0 Å². The molecular formula is C9H13N3O3S. The number of hydrogen-bond acceptors (Lipinski definition) is 5. The number of pyridine rings is 1. The second-order valence-corrected chi connectivity index (χ2v) is 5.06. The molecule has 0 aromatic carbocycles. The Bertz CT molecular complexity index is 469. The summed E-state index contributed by atoms with van der Waals surface area (Å²) < 4.78 is 27.6. The van der Waals surface area contributed by atoms with Crippen LogP contribution < -0.4 is 10.0 Å². The number of ether oxygens (including phenoxy) is 1. The Morgan fingerprint density at radius 2 is 2.06 bits per heavy atom. The number of primary sulfonamides is 1. The second-order valence-electron chi connectivity index (χ2n) is 3.49. The lowest BCUT2D eigenvalue weighted by Crippen LogP contribution is -2.36. The average Bonchev–Trinajstić information content (AvgIpc) is 2.29. The van der Waals surface area contributed by atoms with Crippen molar-refractivity contribution in [3.63, 3.8) is 0 Å². The van der Waals surface area contributed by atoms with Gasteiger partial charge in [0.25, 0.3) is 0 Å². The van der Waals surface area contributed by atoms with Crippen LogP contribution in [-0.2, 0) is 14.8 Å². The smallest absolute Gasteiger partial charge is 0.238 e. The molecule has 0 amide bonds. The van der Waals surface area contributed by atoms with Gasteiger partial charge in [0.15, 0.2) is 0 Å². The SMILES string of the molecule is NS(=O)(=O)c1ccnc(N2CCOCC2)c1. The first-order valence-corrected chi connectivity index (χ1v) is 6.43. The van der Waals surface area contributed by atoms with Crippen LogP contribution >= 0.6 is 0 Å². The standard InChI is InChI=1S/C9H13N3O3S/c10-16(13,14)8-1-2-11-9(7-8)12-3-5-15-6-4-12/h1-2,7H,3-6H2,(H2,10,13,14). The van der Waals surface area contributed by atoms with E-state index in [0.717, 1.165) is 0 Å². The van der Waals surface area contributed by atoms with Gasteiger partial charge in [0.1, 0.15) is 5.82 Å². The molecule has 0 bridgehead atoms. The molecule has 1 saturated heterocycles. The normalized spacial score (nSPS) is 17.4. The van der Waals surface area contributed by atoms with Gasteiger partial charge in [0.2, 0.25) is 10.0 Å². The van der Waals surface area contributed by atoms with E-state index in [0.29, 0.717) is 32.1 Å². The van der Waals surface area contributed by atoms with Crippen LogP contribution in [-0.4, -0.2) is 39.7 Å². The average molecular weight is 243 g/mol. The fourth-order valence-corrected chi connectivity index (χ4v) is 2.06. The summed E-state index contributed by atoms with van der Waals surface area (Å²) >= 11 is 0. The Balaban J connectivity index is 2.28. The van der Waals surface area contributed by atoms with Crippen LogP contribution in [0.25, 0.3) is 0 Å². The van der Waals surface area contributed by atoms with E-state index in [2.05, 4.69) is 4.98 Å². The van der Waals surface area contributed by atoms with Gasteiger partial charge in [-0.15, -0.1) is 0 Å². The Morgan fingerprint density at radius 1 is 1.38 bits per heavy atom. The van der Waals surface area contributed by atoms with Gasteiger partial charge < -0.3 is 9.64 Å². The van der Waals surface area contributed by atoms with E-state index in [1.807, 2.05) is 4.90 Å². The summed E-state index contributed by atoms with van der Waals surface area (Å²) in [6.45, 7) is 2.67. The zero-order chi connectivity index (χ0) is 11.6. The summed E-state index contributed by atoms with van der Waals surface area (Å²) in [6, 6.07) is 2.87. The molecule has 16 heavy (non-hydrogen) atoms. The molecule has 2 rings (SSSR count). The van der Waals surface area contributed by atoms with E-state index >= 15 is 0 Å². The molecule has 1 aromatic heterocycles. The van der Waals surface area contributed by atoms with Crippen molar-refractivity contribution in [2.45, 2.75) is 4.90 Å². The first-order valence-electron chi connectivity index (χ1n) is 4.89. The Kier molecular flexibility index (Phi) is 3.08. The molecule has 1 fully saturated rings. The van der Waals surface area contributed by atoms with Crippen molar-refractivity contribution in [3.8, 4) is 0 Å². The van der Waals surface area contributed by atoms with Crippen LogP contribution in [0.4, 0.5) is 5.82 Å². The summed E-state index contributed by atoms with van der Waals surface area (Å²) in [7, 11) is -3.66. The zero-order valence-corrected chi connectivity index (χ0v) is 9.48. The zero-order valence-electron chi connectivity index (χ0n) is 8.67. The van der Waals surface area contributed by atoms with E-state index < -0.39 is 10.0 Å². The van der Waals surface area contributed by atoms with Crippen molar-refractivity contribution >= 4 is 15.8 Å². The van der Waals surface area contributed by atoms with E-state index in [4.69, 9.17) is 9.88 Å². The van der Waals surface area contributed by atoms with Crippen molar-refractivity contribution in [3.05, 3.63) is 18.3 Å². The van der Waals surface area contributed by atoms with E-state index in [-0.39, 0.29) is 4.90 Å². The largest absolute Gasteiger partial charge is 0.378 e. The van der Waals surface area contributed by atoms with Gasteiger partial charge in [-0.25, -0.2) is 18.5 Å². The highest BCUT2D eigenvalue weighted by molar-refractivity contribution is 7.89. The number of nitrogens with two attached hydrogens (primary N) is 1. The third-order valence-corrected chi connectivity index (χ3v) is 3.29. The molecule has 0 saturated carbocycles. The molecule has 7 heteroatoms. The number of sulfonamides is 1. The molecule has 0 atom stereocenters. The monoisotopic (exact) mass is 243 g/mol. The number of rotatable bonds is 2. The lowest BCUT2D eigenvalue weighted by Gasteiger charge is -2.27. The lowest BCUT2D eigenvalue weighted by atomic mass is 10.4. The van der Waals surface area contributed by atoms with E-state index in [1.54, 1.807) is 0 Å². The van der Waals surface area contributed by atoms with Gasteiger partial charge in [-0.1, -0.05) is 0 Å². The number of nitrogens with zero attached hydrogens (tertiary/aromatic N) is 2. The van der Waals surface area contributed by atoms with Crippen LogP contribution in [0.1, 0.15) is 0 Å². The van der Waals surface area contributed by atoms with Gasteiger partial charge in [0, 0.05) is 25.4 Å². The first kappa shape index (κ1) is 11.3. The molecule has 2 N–H and O–H groups in total. The van der Waals surface area contributed by atoms with Gasteiger partial charge >= 0.3 is 0 Å². The second kappa shape index (κ2) is 4.36. The van der Waals surface area contributed by atoms with Crippen LogP contribution in [0.5, 0.6) is 0 Å². The molecule has 1 aliphatic rings. The third-order valence-electron chi connectivity index (χ3n) is 2.38. The fraction of sp³-hybridized carbons (Fsp3) is 0.444. The Hall–Kier alpha value is -1.18. The fourth-order valence-electron chi connectivity index (χ4n) is 1.54. The van der Waals surface area contributed by atoms with Gasteiger partial charge in [-0.2, -0.15) is 0 Å². The Labute approximate surface area is 94.1 Å². The molecule has 0 unspecified atom stereocenters. The van der Waals surface area contributed by atoms with Crippen molar-refractivity contribution in [1.29, 1.82) is 0 Å². The maximum atomic E-state index is 11.2. The van der Waals surface area contributed by atoms with Crippen LogP contribution in [0.2, 0.25) is 0 Å². The molecule has 6 nitrogen and oxygen atoms in total. The summed E-state index contributed by atoms with van der Waals surface area (Å²) in [5.74, 6) is 0.620. The Morgan fingerprint density at radius 3 is 2.69 bits per heavy atom. The van der Waals surface area contributed by atoms with E-state index in [1.165, 1.54) is 18.3 Å².